The van der Waals surface area contributed by atoms with Crippen molar-refractivity contribution in [3.8, 4) is 6.07 Å². The van der Waals surface area contributed by atoms with Gasteiger partial charge in [-0.2, -0.15) is 5.26 Å². The summed E-state index contributed by atoms with van der Waals surface area (Å²) in [7, 11) is -2.94. The molecule has 1 aliphatic rings. The van der Waals surface area contributed by atoms with Crippen LogP contribution in [0.5, 0.6) is 0 Å². The van der Waals surface area contributed by atoms with Gasteiger partial charge < -0.3 is 0 Å². The fourth-order valence-corrected chi connectivity index (χ4v) is 4.95. The summed E-state index contributed by atoms with van der Waals surface area (Å²) in [6.07, 6.45) is 0.595. The summed E-state index contributed by atoms with van der Waals surface area (Å²) in [4.78, 5) is -0.164. The van der Waals surface area contributed by atoms with Crippen molar-refractivity contribution in [1.29, 1.82) is 5.26 Å². The monoisotopic (exact) mass is 331 g/mol. The van der Waals surface area contributed by atoms with Gasteiger partial charge >= 0.3 is 0 Å². The quantitative estimate of drug-likeness (QED) is 0.782. The van der Waals surface area contributed by atoms with Crippen molar-refractivity contribution in [2.24, 2.45) is 5.92 Å². The highest BCUT2D eigenvalue weighted by Gasteiger charge is 2.33. The number of nitrogens with zero attached hydrogens (tertiary/aromatic N) is 1. The highest BCUT2D eigenvalue weighted by atomic mass is 79.9. The second-order valence-electron chi connectivity index (χ2n) is 4.42. The molecule has 0 aliphatic carbocycles. The van der Waals surface area contributed by atoms with Crippen LogP contribution in [-0.4, -0.2) is 19.9 Å². The summed E-state index contributed by atoms with van der Waals surface area (Å²) in [5, 5.41) is 8.77. The molecule has 1 saturated heterocycles. The van der Waals surface area contributed by atoms with Crippen LogP contribution in [0, 0.1) is 23.1 Å². The fourth-order valence-electron chi connectivity index (χ4n) is 2.13. The largest absolute Gasteiger partial charge is 0.229 e. The Morgan fingerprint density at radius 1 is 1.50 bits per heavy atom. The highest BCUT2D eigenvalue weighted by molar-refractivity contribution is 9.09. The molecule has 1 aliphatic heterocycles. The van der Waals surface area contributed by atoms with Crippen LogP contribution in [0.15, 0.2) is 18.2 Å². The molecular formula is C12H11BrFNO2S. The van der Waals surface area contributed by atoms with E-state index in [0.29, 0.717) is 6.42 Å². The van der Waals surface area contributed by atoms with E-state index in [9.17, 15) is 12.8 Å². The zero-order valence-electron chi connectivity index (χ0n) is 9.44. The van der Waals surface area contributed by atoms with Crippen LogP contribution in [-0.2, 0) is 9.84 Å². The van der Waals surface area contributed by atoms with E-state index in [2.05, 4.69) is 15.9 Å². The number of nitriles is 1. The van der Waals surface area contributed by atoms with Crippen molar-refractivity contribution in [1.82, 2.24) is 0 Å². The van der Waals surface area contributed by atoms with Crippen LogP contribution in [0.2, 0.25) is 0 Å². The van der Waals surface area contributed by atoms with E-state index in [1.165, 1.54) is 12.1 Å². The molecule has 0 saturated carbocycles. The summed E-state index contributed by atoms with van der Waals surface area (Å²) < 4.78 is 36.0. The van der Waals surface area contributed by atoms with Gasteiger partial charge in [0.15, 0.2) is 9.84 Å². The molecule has 3 nitrogen and oxygen atoms in total. The Balaban J connectivity index is 2.25. The zero-order valence-corrected chi connectivity index (χ0v) is 11.8. The summed E-state index contributed by atoms with van der Waals surface area (Å²) in [6, 6.07) is 6.08. The van der Waals surface area contributed by atoms with Gasteiger partial charge in [0.05, 0.1) is 17.1 Å². The molecule has 96 valence electrons. The van der Waals surface area contributed by atoms with Gasteiger partial charge in [-0.25, -0.2) is 12.8 Å². The number of rotatable bonds is 2. The molecule has 0 N–H and O–H groups in total. The van der Waals surface area contributed by atoms with Crippen molar-refractivity contribution in [3.63, 3.8) is 0 Å². The maximum absolute atomic E-state index is 13.2. The first-order chi connectivity index (χ1) is 8.43. The molecule has 0 bridgehead atoms. The predicted molar refractivity (Wildman–Crippen MR) is 69.5 cm³/mol. The van der Waals surface area contributed by atoms with Crippen molar-refractivity contribution >= 4 is 25.8 Å². The molecule has 0 aromatic heterocycles. The predicted octanol–water partition coefficient (Wildman–Crippen LogP) is 2.57. The summed E-state index contributed by atoms with van der Waals surface area (Å²) in [5.74, 6) is -0.235. The van der Waals surface area contributed by atoms with Gasteiger partial charge in [-0.15, -0.1) is 0 Å². The average Bonchev–Trinajstić information content (AvgIpc) is 2.69. The number of halogens is 2. The van der Waals surface area contributed by atoms with Crippen LogP contribution in [0.25, 0.3) is 0 Å². The topological polar surface area (TPSA) is 57.9 Å². The normalized spacial score (nSPS) is 23.5. The maximum Gasteiger partial charge on any atom is 0.150 e. The lowest BCUT2D eigenvalue weighted by molar-refractivity contribution is 0.577. The number of hydrogen-bond acceptors (Lipinski definition) is 3. The Kier molecular flexibility index (Phi) is 3.74. The molecule has 1 aromatic carbocycles. The molecule has 1 fully saturated rings. The Hall–Kier alpha value is -0.930. The van der Waals surface area contributed by atoms with Gasteiger partial charge in [-0.3, -0.25) is 0 Å². The van der Waals surface area contributed by atoms with Gasteiger partial charge in [-0.05, 0) is 30.0 Å². The third-order valence-corrected chi connectivity index (χ3v) is 6.18. The van der Waals surface area contributed by atoms with E-state index in [1.807, 2.05) is 0 Å². The Bertz CT molecular complexity index is 609. The van der Waals surface area contributed by atoms with Crippen LogP contribution in [0.1, 0.15) is 22.4 Å². The second-order valence-corrected chi connectivity index (χ2v) is 7.63. The average molecular weight is 332 g/mol. The fraction of sp³-hybridized carbons (Fsp3) is 0.417. The van der Waals surface area contributed by atoms with Crippen LogP contribution in [0.3, 0.4) is 0 Å². The minimum absolute atomic E-state index is 0.0159. The zero-order chi connectivity index (χ0) is 13.3. The standard InChI is InChI=1S/C12H11BrFNO2S/c13-12(9-3-4-18(16,17)7-9)8-1-2-11(14)10(5-8)6-15/h1-2,5,9,12H,3-4,7H2. The second kappa shape index (κ2) is 4.98. The number of benzene rings is 1. The molecular weight excluding hydrogens is 321 g/mol. The lowest BCUT2D eigenvalue weighted by Gasteiger charge is -2.16. The molecule has 0 spiro atoms. The van der Waals surface area contributed by atoms with Gasteiger partial charge in [0.2, 0.25) is 0 Å². The summed E-state index contributed by atoms with van der Waals surface area (Å²) in [6.45, 7) is 0. The number of alkyl halides is 1. The van der Waals surface area contributed by atoms with E-state index >= 15 is 0 Å². The Morgan fingerprint density at radius 2 is 2.22 bits per heavy atom. The van der Waals surface area contributed by atoms with Crippen molar-refractivity contribution in [2.45, 2.75) is 11.2 Å². The van der Waals surface area contributed by atoms with Gasteiger partial charge in [0.25, 0.3) is 0 Å². The molecule has 0 radical (unpaired) electrons. The molecule has 6 heteroatoms. The lowest BCUT2D eigenvalue weighted by Crippen LogP contribution is -2.10. The van der Waals surface area contributed by atoms with Crippen molar-refractivity contribution in [2.75, 3.05) is 11.5 Å². The molecule has 2 atom stereocenters. The lowest BCUT2D eigenvalue weighted by atomic mass is 9.97. The Labute approximate surface area is 114 Å². The third kappa shape index (κ3) is 2.73. The molecule has 1 heterocycles. The van der Waals surface area contributed by atoms with E-state index < -0.39 is 15.7 Å². The summed E-state index contributed by atoms with van der Waals surface area (Å²) in [5.41, 5.74) is 0.729. The first-order valence-corrected chi connectivity index (χ1v) is 8.21. The smallest absolute Gasteiger partial charge is 0.150 e. The SMILES string of the molecule is N#Cc1cc(C(Br)C2CCS(=O)(=O)C2)ccc1F. The van der Waals surface area contributed by atoms with Crippen molar-refractivity contribution in [3.05, 3.63) is 35.1 Å². The molecule has 1 aromatic rings. The summed E-state index contributed by atoms with van der Waals surface area (Å²) >= 11 is 3.46. The van der Waals surface area contributed by atoms with Crippen LogP contribution >= 0.6 is 15.9 Å². The van der Waals surface area contributed by atoms with Crippen molar-refractivity contribution < 1.29 is 12.8 Å². The number of hydrogen-bond donors (Lipinski definition) is 0. The van der Waals surface area contributed by atoms with Crippen LogP contribution < -0.4 is 0 Å². The van der Waals surface area contributed by atoms with E-state index in [-0.39, 0.29) is 27.8 Å². The molecule has 2 rings (SSSR count). The minimum atomic E-state index is -2.94. The van der Waals surface area contributed by atoms with Crippen LogP contribution in [0.4, 0.5) is 4.39 Å². The first-order valence-electron chi connectivity index (χ1n) is 5.47. The van der Waals surface area contributed by atoms with E-state index in [4.69, 9.17) is 5.26 Å². The molecule has 0 amide bonds. The first kappa shape index (κ1) is 13.5. The maximum atomic E-state index is 13.2. The minimum Gasteiger partial charge on any atom is -0.229 e. The Morgan fingerprint density at radius 3 is 2.78 bits per heavy atom. The van der Waals surface area contributed by atoms with E-state index in [0.717, 1.165) is 5.56 Å². The van der Waals surface area contributed by atoms with E-state index in [1.54, 1.807) is 12.1 Å². The van der Waals surface area contributed by atoms with Gasteiger partial charge in [0.1, 0.15) is 11.9 Å². The number of sulfone groups is 1. The molecule has 18 heavy (non-hydrogen) atoms. The highest BCUT2D eigenvalue weighted by Crippen LogP contribution is 2.38. The molecule has 2 unspecified atom stereocenters. The van der Waals surface area contributed by atoms with Gasteiger partial charge in [-0.1, -0.05) is 22.0 Å². The van der Waals surface area contributed by atoms with Gasteiger partial charge in [0, 0.05) is 4.83 Å². The third-order valence-electron chi connectivity index (χ3n) is 3.11.